The number of anilines is 6. The van der Waals surface area contributed by atoms with Gasteiger partial charge in [-0.05, 0) is 162 Å². The molecule has 0 radical (unpaired) electrons. The minimum Gasteiger partial charge on any atom is -0.309 e. The number of fused-ring (bicyclic) bond motifs is 14. The maximum atomic E-state index is 2.62. The summed E-state index contributed by atoms with van der Waals surface area (Å²) in [6.45, 7) is 28.0. The lowest BCUT2D eigenvalue weighted by Gasteiger charge is -2.30. The third-order valence-corrected chi connectivity index (χ3v) is 20.6. The van der Waals surface area contributed by atoms with Crippen LogP contribution in [-0.4, -0.2) is 8.80 Å². The number of nitrogens with zero attached hydrogens (tertiary/aromatic N) is 4. The Morgan fingerprint density at radius 1 is 0.234 bits per heavy atom. The molecule has 0 aliphatic rings. The molecule has 0 unspecified atom stereocenters. The summed E-state index contributed by atoms with van der Waals surface area (Å²) in [6, 6.07) is 97.3. The van der Waals surface area contributed by atoms with Gasteiger partial charge in [-0.2, -0.15) is 0 Å². The van der Waals surface area contributed by atoms with Crippen LogP contribution in [0.15, 0.2) is 255 Å². The third kappa shape index (κ3) is 8.78. The molecule has 4 heterocycles. The molecule has 4 nitrogen and oxygen atoms in total. The minimum absolute atomic E-state index is 0.0781. The van der Waals surface area contributed by atoms with Crippen LogP contribution in [0.1, 0.15) is 105 Å². The molecule has 0 amide bonds. The Bertz CT molecular complexity index is 5540. The van der Waals surface area contributed by atoms with Crippen molar-refractivity contribution >= 4 is 132 Å². The van der Waals surface area contributed by atoms with Crippen molar-refractivity contribution in [1.29, 1.82) is 0 Å². The van der Waals surface area contributed by atoms with Crippen molar-refractivity contribution in [3.8, 4) is 22.3 Å². The van der Waals surface area contributed by atoms with Crippen molar-refractivity contribution < 1.29 is 0 Å². The van der Waals surface area contributed by atoms with E-state index in [0.29, 0.717) is 0 Å². The van der Waals surface area contributed by atoms with Gasteiger partial charge in [0.1, 0.15) is 0 Å². The van der Waals surface area contributed by atoms with Gasteiger partial charge >= 0.3 is 0 Å². The highest BCUT2D eigenvalue weighted by atomic mass is 15.2. The predicted octanol–water partition coefficient (Wildman–Crippen LogP) is 25.8. The Balaban J connectivity index is 0.972. The smallest absolute Gasteiger partial charge is 0.0641 e. The normalized spacial score (nSPS) is 12.9. The average Bonchev–Trinajstić information content (AvgIpc) is 1.51. The van der Waals surface area contributed by atoms with E-state index in [0.717, 1.165) is 34.1 Å². The standard InChI is InChI=1S/C90H78N4/c1-87(2,3)57-29-23-31-61(49-57)91(75-39-19-17-35-67(75)65-37-21-27-55-25-13-15-33-63(55)65)79-47-43-69-71-53-82-72(54-81(71)93-77-45-41-59(89(7,8)9)51-73(77)83(79)85(69)93)70-44-48-80(84-74-52-60(90(10,11)12)42-46-78(74)94(82)86(70)84)92(62-32-24-30-58(50-62)88(4,5)6)76-40-20-18-36-68(76)66-38-22-28-56-26-14-16-34-64(56)66/h13-54H,1-12H3. The molecular weight excluding hydrogens is 1140 g/mol. The average molecular weight is 1220 g/mol. The molecule has 4 heteroatoms. The summed E-state index contributed by atoms with van der Waals surface area (Å²) in [7, 11) is 0. The topological polar surface area (TPSA) is 15.3 Å². The fraction of sp³-hybridized carbons (Fsp3) is 0.178. The molecule has 0 N–H and O–H groups in total. The van der Waals surface area contributed by atoms with E-state index >= 15 is 0 Å². The Kier molecular flexibility index (Phi) is 12.6. The van der Waals surface area contributed by atoms with E-state index in [-0.39, 0.29) is 21.7 Å². The largest absolute Gasteiger partial charge is 0.309 e. The Labute approximate surface area is 551 Å². The second-order valence-corrected chi connectivity index (χ2v) is 30.6. The first-order valence-corrected chi connectivity index (χ1v) is 33.6. The molecule has 0 fully saturated rings. The van der Waals surface area contributed by atoms with Crippen molar-refractivity contribution in [3.05, 3.63) is 277 Å². The van der Waals surface area contributed by atoms with E-state index in [1.807, 2.05) is 0 Å². The predicted molar refractivity (Wildman–Crippen MR) is 406 cm³/mol. The molecule has 94 heavy (non-hydrogen) atoms. The SMILES string of the molecule is CC(C)(C)c1cccc(N(c2ccccc2-c2cccc3ccccc23)c2ccc3c4cc5c(cc4n4c6ccc(C(C)(C)C)cc6c2c34)c2ccc(N(c3cccc(C(C)(C)C)c3)c3ccccc3-c3cccc4ccccc34)c3c4cc(C(C)(C)C)ccc4n5c23)c1. The maximum Gasteiger partial charge on any atom is 0.0641 e. The van der Waals surface area contributed by atoms with Gasteiger partial charge in [-0.1, -0.05) is 253 Å². The van der Waals surface area contributed by atoms with Gasteiger partial charge in [-0.3, -0.25) is 0 Å². The van der Waals surface area contributed by atoms with E-state index < -0.39 is 0 Å². The van der Waals surface area contributed by atoms with E-state index in [1.165, 1.54) is 142 Å². The molecule has 4 aromatic heterocycles. The van der Waals surface area contributed by atoms with Crippen LogP contribution < -0.4 is 9.80 Å². The molecule has 13 aromatic carbocycles. The minimum atomic E-state index is -0.0880. The zero-order chi connectivity index (χ0) is 64.5. The van der Waals surface area contributed by atoms with Gasteiger partial charge < -0.3 is 18.6 Å². The molecular formula is C90H78N4. The fourth-order valence-corrected chi connectivity index (χ4v) is 15.6. The van der Waals surface area contributed by atoms with E-state index in [2.05, 4.69) is 356 Å². The summed E-state index contributed by atoms with van der Waals surface area (Å²) in [4.78, 5) is 5.15. The van der Waals surface area contributed by atoms with E-state index in [9.17, 15) is 0 Å². The number of aromatic nitrogens is 2. The zero-order valence-corrected chi connectivity index (χ0v) is 56.0. The van der Waals surface area contributed by atoms with Gasteiger partial charge in [0, 0.05) is 65.6 Å². The Morgan fingerprint density at radius 2 is 0.585 bits per heavy atom. The van der Waals surface area contributed by atoms with Crippen LogP contribution in [0.3, 0.4) is 0 Å². The lowest BCUT2D eigenvalue weighted by Crippen LogP contribution is -2.15. The Morgan fingerprint density at radius 3 is 1.00 bits per heavy atom. The second-order valence-electron chi connectivity index (χ2n) is 30.6. The van der Waals surface area contributed by atoms with Gasteiger partial charge in [-0.15, -0.1) is 0 Å². The number of benzene rings is 13. The third-order valence-electron chi connectivity index (χ3n) is 20.6. The summed E-state index contributed by atoms with van der Waals surface area (Å²) >= 11 is 0. The monoisotopic (exact) mass is 1210 g/mol. The summed E-state index contributed by atoms with van der Waals surface area (Å²) in [5.74, 6) is 0. The molecule has 0 saturated carbocycles. The molecule has 458 valence electrons. The molecule has 0 atom stereocenters. The summed E-state index contributed by atoms with van der Waals surface area (Å²) in [6.07, 6.45) is 0. The summed E-state index contributed by atoms with van der Waals surface area (Å²) in [5, 5.41) is 14.9. The molecule has 0 aliphatic carbocycles. The lowest BCUT2D eigenvalue weighted by molar-refractivity contribution is 0.590. The van der Waals surface area contributed by atoms with E-state index in [1.54, 1.807) is 0 Å². The first kappa shape index (κ1) is 57.5. The molecule has 17 rings (SSSR count). The first-order valence-electron chi connectivity index (χ1n) is 33.6. The summed E-state index contributed by atoms with van der Waals surface area (Å²) in [5.41, 5.74) is 23.8. The number of para-hydroxylation sites is 2. The number of hydrogen-bond donors (Lipinski definition) is 0. The van der Waals surface area contributed by atoms with E-state index in [4.69, 9.17) is 0 Å². The van der Waals surface area contributed by atoms with Gasteiger partial charge in [0.25, 0.3) is 0 Å². The molecule has 0 bridgehead atoms. The van der Waals surface area contributed by atoms with Gasteiger partial charge in [0.15, 0.2) is 0 Å². The highest BCUT2D eigenvalue weighted by molar-refractivity contribution is 6.32. The molecule has 0 spiro atoms. The highest BCUT2D eigenvalue weighted by Gasteiger charge is 2.32. The number of rotatable bonds is 8. The van der Waals surface area contributed by atoms with Crippen molar-refractivity contribution in [2.24, 2.45) is 0 Å². The van der Waals surface area contributed by atoms with Crippen LogP contribution in [0, 0.1) is 0 Å². The maximum absolute atomic E-state index is 2.62. The van der Waals surface area contributed by atoms with Gasteiger partial charge in [-0.25, -0.2) is 0 Å². The Hall–Kier alpha value is -10.4. The van der Waals surface area contributed by atoms with Crippen LogP contribution in [0.25, 0.3) is 120 Å². The molecule has 17 aromatic rings. The van der Waals surface area contributed by atoms with Crippen LogP contribution in [0.5, 0.6) is 0 Å². The van der Waals surface area contributed by atoms with Crippen LogP contribution in [0.2, 0.25) is 0 Å². The molecule has 0 saturated heterocycles. The highest BCUT2D eigenvalue weighted by Crippen LogP contribution is 2.55. The van der Waals surface area contributed by atoms with Gasteiger partial charge in [0.05, 0.1) is 55.8 Å². The van der Waals surface area contributed by atoms with Crippen LogP contribution >= 0.6 is 0 Å². The lowest BCUT2D eigenvalue weighted by atomic mass is 9.86. The summed E-state index contributed by atoms with van der Waals surface area (Å²) < 4.78 is 5.24. The zero-order valence-electron chi connectivity index (χ0n) is 56.0. The first-order chi connectivity index (χ1) is 45.2. The van der Waals surface area contributed by atoms with Crippen molar-refractivity contribution in [1.82, 2.24) is 8.80 Å². The van der Waals surface area contributed by atoms with Crippen LogP contribution in [0.4, 0.5) is 34.1 Å². The fourth-order valence-electron chi connectivity index (χ4n) is 15.6. The quantitative estimate of drug-likeness (QED) is 0.151. The van der Waals surface area contributed by atoms with Gasteiger partial charge in [0.2, 0.25) is 0 Å². The van der Waals surface area contributed by atoms with Crippen LogP contribution in [-0.2, 0) is 21.7 Å². The molecule has 0 aliphatic heterocycles. The second kappa shape index (κ2) is 20.5. The number of hydrogen-bond acceptors (Lipinski definition) is 2. The van der Waals surface area contributed by atoms with Crippen molar-refractivity contribution in [2.45, 2.75) is 105 Å². The van der Waals surface area contributed by atoms with Crippen molar-refractivity contribution in [2.75, 3.05) is 9.80 Å². The van der Waals surface area contributed by atoms with Crippen molar-refractivity contribution in [3.63, 3.8) is 0 Å².